The van der Waals surface area contributed by atoms with Gasteiger partial charge in [-0.2, -0.15) is 0 Å². The van der Waals surface area contributed by atoms with E-state index in [1.807, 2.05) is 48.6 Å². The standard InChI is InChI=1S/C16H15NO2/c18-16(19)14-9-4-10-15(12-14)17-11-5-8-13-6-2-1-3-7-13/h1-10,12,17H,11H2,(H,18,19)/b8-5+. The van der Waals surface area contributed by atoms with Gasteiger partial charge in [0.1, 0.15) is 0 Å². The molecule has 2 aromatic rings. The molecule has 3 heteroatoms. The second-order valence-corrected chi connectivity index (χ2v) is 4.08. The quantitative estimate of drug-likeness (QED) is 0.857. The van der Waals surface area contributed by atoms with Crippen molar-refractivity contribution in [2.24, 2.45) is 0 Å². The fourth-order valence-corrected chi connectivity index (χ4v) is 1.70. The van der Waals surface area contributed by atoms with Crippen molar-refractivity contribution in [3.63, 3.8) is 0 Å². The number of aromatic carboxylic acids is 1. The van der Waals surface area contributed by atoms with Crippen LogP contribution in [0.15, 0.2) is 60.7 Å². The molecule has 2 N–H and O–H groups in total. The van der Waals surface area contributed by atoms with Gasteiger partial charge in [-0.25, -0.2) is 4.79 Å². The highest BCUT2D eigenvalue weighted by Crippen LogP contribution is 2.10. The molecular formula is C16H15NO2. The van der Waals surface area contributed by atoms with E-state index in [-0.39, 0.29) is 5.56 Å². The maximum atomic E-state index is 10.8. The summed E-state index contributed by atoms with van der Waals surface area (Å²) in [6.07, 6.45) is 4.02. The molecule has 0 unspecified atom stereocenters. The molecule has 0 saturated carbocycles. The molecule has 0 aliphatic carbocycles. The third-order valence-corrected chi connectivity index (χ3v) is 2.64. The molecule has 0 amide bonds. The molecule has 0 aromatic heterocycles. The van der Waals surface area contributed by atoms with Crippen LogP contribution in [0.4, 0.5) is 5.69 Å². The molecule has 19 heavy (non-hydrogen) atoms. The molecule has 0 saturated heterocycles. The zero-order valence-electron chi connectivity index (χ0n) is 10.4. The van der Waals surface area contributed by atoms with Crippen molar-refractivity contribution in [1.82, 2.24) is 0 Å². The van der Waals surface area contributed by atoms with Gasteiger partial charge in [0.15, 0.2) is 0 Å². The first-order chi connectivity index (χ1) is 9.25. The molecular weight excluding hydrogens is 238 g/mol. The second-order valence-electron chi connectivity index (χ2n) is 4.08. The Labute approximate surface area is 112 Å². The summed E-state index contributed by atoms with van der Waals surface area (Å²) >= 11 is 0. The van der Waals surface area contributed by atoms with Gasteiger partial charge >= 0.3 is 5.97 Å². The van der Waals surface area contributed by atoms with Crippen molar-refractivity contribution < 1.29 is 9.90 Å². The van der Waals surface area contributed by atoms with Gasteiger partial charge < -0.3 is 10.4 Å². The van der Waals surface area contributed by atoms with Crippen LogP contribution < -0.4 is 5.32 Å². The van der Waals surface area contributed by atoms with Gasteiger partial charge in [-0.3, -0.25) is 0 Å². The van der Waals surface area contributed by atoms with E-state index >= 15 is 0 Å². The largest absolute Gasteiger partial charge is 0.478 e. The van der Waals surface area contributed by atoms with E-state index in [9.17, 15) is 4.79 Å². The van der Waals surface area contributed by atoms with E-state index in [0.717, 1.165) is 11.3 Å². The number of carbonyl (C=O) groups is 1. The zero-order valence-corrected chi connectivity index (χ0v) is 10.4. The molecule has 0 atom stereocenters. The predicted molar refractivity (Wildman–Crippen MR) is 77.4 cm³/mol. The van der Waals surface area contributed by atoms with Crippen LogP contribution in [-0.2, 0) is 0 Å². The van der Waals surface area contributed by atoms with Crippen molar-refractivity contribution in [3.05, 3.63) is 71.8 Å². The van der Waals surface area contributed by atoms with Gasteiger partial charge in [-0.15, -0.1) is 0 Å². The van der Waals surface area contributed by atoms with Crippen LogP contribution >= 0.6 is 0 Å². The summed E-state index contributed by atoms with van der Waals surface area (Å²) in [6.45, 7) is 0.651. The van der Waals surface area contributed by atoms with Crippen molar-refractivity contribution in [1.29, 1.82) is 0 Å². The van der Waals surface area contributed by atoms with E-state index < -0.39 is 5.97 Å². The van der Waals surface area contributed by atoms with Crippen LogP contribution in [0.1, 0.15) is 15.9 Å². The average Bonchev–Trinajstić information content (AvgIpc) is 2.45. The van der Waals surface area contributed by atoms with Crippen LogP contribution in [-0.4, -0.2) is 17.6 Å². The van der Waals surface area contributed by atoms with Crippen molar-refractivity contribution in [2.75, 3.05) is 11.9 Å². The maximum absolute atomic E-state index is 10.8. The topological polar surface area (TPSA) is 49.3 Å². The van der Waals surface area contributed by atoms with Crippen LogP contribution in [0.3, 0.4) is 0 Å². The predicted octanol–water partition coefficient (Wildman–Crippen LogP) is 3.51. The number of benzene rings is 2. The van der Waals surface area contributed by atoms with Gasteiger partial charge in [0.2, 0.25) is 0 Å². The van der Waals surface area contributed by atoms with Crippen molar-refractivity contribution in [2.45, 2.75) is 0 Å². The van der Waals surface area contributed by atoms with E-state index in [1.54, 1.807) is 18.2 Å². The lowest BCUT2D eigenvalue weighted by molar-refractivity contribution is 0.0697. The van der Waals surface area contributed by atoms with Gasteiger partial charge in [-0.05, 0) is 23.8 Å². The van der Waals surface area contributed by atoms with Gasteiger partial charge in [0.25, 0.3) is 0 Å². The first-order valence-electron chi connectivity index (χ1n) is 6.04. The smallest absolute Gasteiger partial charge is 0.335 e. The third-order valence-electron chi connectivity index (χ3n) is 2.64. The van der Waals surface area contributed by atoms with E-state index in [0.29, 0.717) is 6.54 Å². The second kappa shape index (κ2) is 6.40. The number of carboxylic acid groups (broad SMARTS) is 1. The SMILES string of the molecule is O=C(O)c1cccc(NC/C=C/c2ccccc2)c1. The zero-order chi connectivity index (χ0) is 13.5. The van der Waals surface area contributed by atoms with Crippen LogP contribution in [0.25, 0.3) is 6.08 Å². The summed E-state index contributed by atoms with van der Waals surface area (Å²) < 4.78 is 0. The highest BCUT2D eigenvalue weighted by molar-refractivity contribution is 5.88. The minimum absolute atomic E-state index is 0.289. The van der Waals surface area contributed by atoms with Gasteiger partial charge in [-0.1, -0.05) is 48.6 Å². The number of anilines is 1. The van der Waals surface area contributed by atoms with Crippen molar-refractivity contribution >= 4 is 17.7 Å². The van der Waals surface area contributed by atoms with E-state index in [1.165, 1.54) is 0 Å². The van der Waals surface area contributed by atoms with Crippen LogP contribution in [0.2, 0.25) is 0 Å². The number of nitrogens with one attached hydrogen (secondary N) is 1. The van der Waals surface area contributed by atoms with Crippen molar-refractivity contribution in [3.8, 4) is 0 Å². The lowest BCUT2D eigenvalue weighted by Gasteiger charge is -2.04. The third kappa shape index (κ3) is 4.00. The Kier molecular flexibility index (Phi) is 4.34. The molecule has 0 radical (unpaired) electrons. The summed E-state index contributed by atoms with van der Waals surface area (Å²) in [7, 11) is 0. The van der Waals surface area contributed by atoms with Crippen LogP contribution in [0.5, 0.6) is 0 Å². The Morgan fingerprint density at radius 2 is 1.89 bits per heavy atom. The molecule has 96 valence electrons. The molecule has 2 aromatic carbocycles. The Balaban J connectivity index is 1.91. The normalized spacial score (nSPS) is 10.5. The molecule has 0 aliphatic rings. The minimum atomic E-state index is -0.913. The Bertz CT molecular complexity index is 576. The maximum Gasteiger partial charge on any atom is 0.335 e. The molecule has 3 nitrogen and oxygen atoms in total. The fourth-order valence-electron chi connectivity index (χ4n) is 1.70. The number of hydrogen-bond acceptors (Lipinski definition) is 2. The highest BCUT2D eigenvalue weighted by atomic mass is 16.4. The Morgan fingerprint density at radius 3 is 2.63 bits per heavy atom. The lowest BCUT2D eigenvalue weighted by Crippen LogP contribution is -2.01. The highest BCUT2D eigenvalue weighted by Gasteiger charge is 2.01. The fraction of sp³-hybridized carbons (Fsp3) is 0.0625. The van der Waals surface area contributed by atoms with Gasteiger partial charge in [0.05, 0.1) is 5.56 Å². The molecule has 0 fully saturated rings. The summed E-state index contributed by atoms with van der Waals surface area (Å²) in [5.74, 6) is -0.913. The van der Waals surface area contributed by atoms with Crippen LogP contribution in [0, 0.1) is 0 Å². The molecule has 2 rings (SSSR count). The van der Waals surface area contributed by atoms with E-state index in [2.05, 4.69) is 5.32 Å². The first kappa shape index (κ1) is 12.9. The average molecular weight is 253 g/mol. The summed E-state index contributed by atoms with van der Waals surface area (Å²) in [6, 6.07) is 16.8. The Morgan fingerprint density at radius 1 is 1.11 bits per heavy atom. The Hall–Kier alpha value is -2.55. The van der Waals surface area contributed by atoms with E-state index in [4.69, 9.17) is 5.11 Å². The first-order valence-corrected chi connectivity index (χ1v) is 6.04. The molecule has 0 heterocycles. The molecule has 0 bridgehead atoms. The number of carboxylic acids is 1. The number of hydrogen-bond donors (Lipinski definition) is 2. The lowest BCUT2D eigenvalue weighted by atomic mass is 10.2. The summed E-state index contributed by atoms with van der Waals surface area (Å²) in [5.41, 5.74) is 2.23. The minimum Gasteiger partial charge on any atom is -0.478 e. The summed E-state index contributed by atoms with van der Waals surface area (Å²) in [5, 5.41) is 12.0. The monoisotopic (exact) mass is 253 g/mol. The molecule has 0 spiro atoms. The number of rotatable bonds is 5. The van der Waals surface area contributed by atoms with Gasteiger partial charge in [0, 0.05) is 12.2 Å². The summed E-state index contributed by atoms with van der Waals surface area (Å²) in [4.78, 5) is 10.8. The molecule has 0 aliphatic heterocycles.